The Bertz CT molecular complexity index is 781. The van der Waals surface area contributed by atoms with Gasteiger partial charge >= 0.3 is 0 Å². The number of likely N-dealkylation sites (tertiary alicyclic amines) is 1. The second kappa shape index (κ2) is 10.3. The lowest BCUT2D eigenvalue weighted by molar-refractivity contribution is -0.135. The lowest BCUT2D eigenvalue weighted by Gasteiger charge is -2.29. The lowest BCUT2D eigenvalue weighted by atomic mass is 9.88. The van der Waals surface area contributed by atoms with Crippen molar-refractivity contribution < 1.29 is 13.9 Å². The summed E-state index contributed by atoms with van der Waals surface area (Å²) in [4.78, 5) is 18.5. The monoisotopic (exact) mass is 418 g/mol. The molecule has 2 aromatic rings. The van der Waals surface area contributed by atoms with Gasteiger partial charge in [0.15, 0.2) is 0 Å². The van der Waals surface area contributed by atoms with Gasteiger partial charge in [0.25, 0.3) is 0 Å². The molecule has 0 N–H and O–H groups in total. The van der Waals surface area contributed by atoms with Gasteiger partial charge in [0, 0.05) is 56.5 Å². The van der Waals surface area contributed by atoms with Crippen LogP contribution in [0.3, 0.4) is 0 Å². The van der Waals surface area contributed by atoms with E-state index < -0.39 is 0 Å². The van der Waals surface area contributed by atoms with Crippen LogP contribution in [0.2, 0.25) is 0 Å². The maximum atomic E-state index is 13.9. The van der Waals surface area contributed by atoms with Gasteiger partial charge in [-0.3, -0.25) is 9.69 Å². The van der Waals surface area contributed by atoms with Gasteiger partial charge in [0.2, 0.25) is 5.91 Å². The zero-order valence-electron chi connectivity index (χ0n) is 17.5. The molecule has 3 rings (SSSR count). The molecular formula is C23H31FN2O2S. The summed E-state index contributed by atoms with van der Waals surface area (Å²) in [5, 5.41) is 2.10. The average molecular weight is 419 g/mol. The van der Waals surface area contributed by atoms with E-state index in [1.807, 2.05) is 24.8 Å². The van der Waals surface area contributed by atoms with Gasteiger partial charge in [-0.25, -0.2) is 4.39 Å². The fraction of sp³-hybridized carbons (Fsp3) is 0.522. The zero-order valence-corrected chi connectivity index (χ0v) is 18.3. The Balaban J connectivity index is 1.79. The number of rotatable bonds is 9. The average Bonchev–Trinajstić information content (AvgIpc) is 3.34. The minimum Gasteiger partial charge on any atom is -0.383 e. The molecule has 0 saturated carbocycles. The van der Waals surface area contributed by atoms with Crippen LogP contribution >= 0.6 is 11.3 Å². The molecule has 0 spiro atoms. The first-order chi connectivity index (χ1) is 14.0. The van der Waals surface area contributed by atoms with Crippen molar-refractivity contribution >= 4 is 17.2 Å². The van der Waals surface area contributed by atoms with E-state index in [9.17, 15) is 9.18 Å². The number of carbonyl (C=O) groups excluding carboxylic acids is 1. The van der Waals surface area contributed by atoms with E-state index in [2.05, 4.69) is 22.4 Å². The molecule has 0 bridgehead atoms. The van der Waals surface area contributed by atoms with Crippen molar-refractivity contribution in [3.05, 3.63) is 58.0 Å². The topological polar surface area (TPSA) is 32.8 Å². The number of methoxy groups -OCH3 is 1. The molecule has 6 heteroatoms. The number of hydrogen-bond donors (Lipinski definition) is 0. The number of ether oxygens (including phenoxy) is 1. The summed E-state index contributed by atoms with van der Waals surface area (Å²) in [5.41, 5.74) is 1.02. The molecule has 1 aliphatic rings. The highest BCUT2D eigenvalue weighted by atomic mass is 32.1. The summed E-state index contributed by atoms with van der Waals surface area (Å²) < 4.78 is 19.2. The highest BCUT2D eigenvalue weighted by Gasteiger charge is 2.36. The summed E-state index contributed by atoms with van der Waals surface area (Å²) in [6.45, 7) is 8.32. The standard InChI is InChI=1S/C23H31FN2O2S/c1-17(2)23(27)26(9-10-28-3)14-19-13-25(15-21-8-5-11-29-21)16-22(19)18-6-4-7-20(24)12-18/h4-8,11-12,17,19,22H,9-10,13-16H2,1-3H3/t19-,22-/m1/s1. The molecule has 29 heavy (non-hydrogen) atoms. The van der Waals surface area contributed by atoms with Crippen LogP contribution in [0, 0.1) is 17.7 Å². The van der Waals surface area contributed by atoms with Gasteiger partial charge in [0.05, 0.1) is 6.61 Å². The number of carbonyl (C=O) groups is 1. The number of nitrogens with zero attached hydrogens (tertiary/aromatic N) is 2. The summed E-state index contributed by atoms with van der Waals surface area (Å²) in [5.74, 6) is 0.360. The predicted molar refractivity (Wildman–Crippen MR) is 116 cm³/mol. The first-order valence-corrected chi connectivity index (χ1v) is 11.1. The number of amides is 1. The number of benzene rings is 1. The van der Waals surface area contributed by atoms with Crippen LogP contribution in [0.15, 0.2) is 41.8 Å². The highest BCUT2D eigenvalue weighted by molar-refractivity contribution is 7.09. The normalized spacial score (nSPS) is 19.8. The second-order valence-electron chi connectivity index (χ2n) is 8.13. The van der Waals surface area contributed by atoms with Crippen molar-refractivity contribution in [1.82, 2.24) is 9.80 Å². The summed E-state index contributed by atoms with van der Waals surface area (Å²) >= 11 is 1.76. The Morgan fingerprint density at radius 2 is 2.14 bits per heavy atom. The molecule has 0 radical (unpaired) electrons. The van der Waals surface area contributed by atoms with Crippen molar-refractivity contribution in [1.29, 1.82) is 0 Å². The van der Waals surface area contributed by atoms with E-state index in [0.29, 0.717) is 19.7 Å². The van der Waals surface area contributed by atoms with Gasteiger partial charge in [-0.05, 0) is 35.1 Å². The Morgan fingerprint density at radius 1 is 1.31 bits per heavy atom. The number of thiophene rings is 1. The van der Waals surface area contributed by atoms with E-state index in [1.165, 1.54) is 10.9 Å². The molecule has 0 aliphatic carbocycles. The number of halogens is 1. The van der Waals surface area contributed by atoms with Crippen molar-refractivity contribution in [2.45, 2.75) is 26.3 Å². The van der Waals surface area contributed by atoms with Gasteiger partial charge in [-0.2, -0.15) is 0 Å². The third kappa shape index (κ3) is 5.87. The van der Waals surface area contributed by atoms with Gasteiger partial charge in [-0.15, -0.1) is 11.3 Å². The fourth-order valence-electron chi connectivity index (χ4n) is 4.15. The molecule has 2 heterocycles. The highest BCUT2D eigenvalue weighted by Crippen LogP contribution is 2.35. The molecule has 0 unspecified atom stereocenters. The molecule has 1 saturated heterocycles. The predicted octanol–water partition coefficient (Wildman–Crippen LogP) is 4.23. The molecule has 158 valence electrons. The van der Waals surface area contributed by atoms with Gasteiger partial charge < -0.3 is 9.64 Å². The largest absolute Gasteiger partial charge is 0.383 e. The molecule has 4 nitrogen and oxygen atoms in total. The molecule has 1 aromatic carbocycles. The van der Waals surface area contributed by atoms with E-state index in [0.717, 1.165) is 25.2 Å². The Morgan fingerprint density at radius 3 is 2.79 bits per heavy atom. The van der Waals surface area contributed by atoms with Crippen LogP contribution in [0.4, 0.5) is 4.39 Å². The molecule has 2 atom stereocenters. The third-order valence-electron chi connectivity index (χ3n) is 5.58. The van der Waals surface area contributed by atoms with E-state index in [4.69, 9.17) is 4.74 Å². The van der Waals surface area contributed by atoms with Crippen LogP contribution in [0.1, 0.15) is 30.2 Å². The quantitative estimate of drug-likeness (QED) is 0.611. The van der Waals surface area contributed by atoms with E-state index in [-0.39, 0.29) is 29.5 Å². The van der Waals surface area contributed by atoms with Gasteiger partial charge in [0.1, 0.15) is 5.82 Å². The van der Waals surface area contributed by atoms with Crippen LogP contribution in [-0.2, 0) is 16.1 Å². The molecule has 1 fully saturated rings. The minimum atomic E-state index is -0.201. The maximum Gasteiger partial charge on any atom is 0.225 e. The molecule has 1 aromatic heterocycles. The lowest BCUT2D eigenvalue weighted by Crippen LogP contribution is -2.41. The summed E-state index contributed by atoms with van der Waals surface area (Å²) in [6, 6.07) is 11.2. The second-order valence-corrected chi connectivity index (χ2v) is 9.16. The van der Waals surface area contributed by atoms with Crippen molar-refractivity contribution in [2.24, 2.45) is 11.8 Å². The van der Waals surface area contributed by atoms with E-state index >= 15 is 0 Å². The van der Waals surface area contributed by atoms with Crippen LogP contribution in [0.25, 0.3) is 0 Å². The summed E-state index contributed by atoms with van der Waals surface area (Å²) in [6.07, 6.45) is 0. The SMILES string of the molecule is COCCN(C[C@H]1CN(Cc2cccs2)C[C@@H]1c1cccc(F)c1)C(=O)C(C)C. The number of hydrogen-bond acceptors (Lipinski definition) is 4. The van der Waals surface area contributed by atoms with Crippen molar-refractivity contribution in [3.63, 3.8) is 0 Å². The molecular weight excluding hydrogens is 387 g/mol. The minimum absolute atomic E-state index is 0.0527. The molecule has 1 amide bonds. The van der Waals surface area contributed by atoms with Crippen molar-refractivity contribution in [3.8, 4) is 0 Å². The van der Waals surface area contributed by atoms with E-state index in [1.54, 1.807) is 30.6 Å². The maximum absolute atomic E-state index is 13.9. The van der Waals surface area contributed by atoms with Crippen LogP contribution in [0.5, 0.6) is 0 Å². The van der Waals surface area contributed by atoms with Crippen molar-refractivity contribution in [2.75, 3.05) is 39.9 Å². The summed E-state index contributed by atoms with van der Waals surface area (Å²) in [7, 11) is 1.66. The Labute approximate surface area is 177 Å². The fourth-order valence-corrected chi connectivity index (χ4v) is 4.90. The first kappa shape index (κ1) is 21.9. The zero-order chi connectivity index (χ0) is 20.8. The third-order valence-corrected chi connectivity index (χ3v) is 6.44. The van der Waals surface area contributed by atoms with Crippen LogP contribution < -0.4 is 0 Å². The molecule has 1 aliphatic heterocycles. The Kier molecular flexibility index (Phi) is 7.81. The first-order valence-electron chi connectivity index (χ1n) is 10.3. The Hall–Kier alpha value is -1.76. The van der Waals surface area contributed by atoms with Gasteiger partial charge in [-0.1, -0.05) is 32.0 Å². The smallest absolute Gasteiger partial charge is 0.225 e. The van der Waals surface area contributed by atoms with Crippen LogP contribution in [-0.4, -0.2) is 55.6 Å².